The molecule has 0 aromatic carbocycles. The standard InChI is InChI=1S/C16H32N2O4/c17-11-5-1-3-9-15(19)21-13-7-8-14-22-16(20)10-4-2-6-12-18/h1-14,17-18H2. The lowest BCUT2D eigenvalue weighted by Gasteiger charge is -2.06. The smallest absolute Gasteiger partial charge is 0.305 e. The molecule has 0 aromatic heterocycles. The van der Waals surface area contributed by atoms with E-state index in [9.17, 15) is 9.59 Å². The second kappa shape index (κ2) is 16.2. The van der Waals surface area contributed by atoms with E-state index in [2.05, 4.69) is 0 Å². The molecule has 0 heterocycles. The fraction of sp³-hybridized carbons (Fsp3) is 0.875. The molecular formula is C16H32N2O4. The van der Waals surface area contributed by atoms with Crippen LogP contribution in [0.3, 0.4) is 0 Å². The van der Waals surface area contributed by atoms with Crippen molar-refractivity contribution in [2.75, 3.05) is 26.3 Å². The third kappa shape index (κ3) is 15.3. The van der Waals surface area contributed by atoms with Gasteiger partial charge >= 0.3 is 11.9 Å². The van der Waals surface area contributed by atoms with Crippen molar-refractivity contribution in [2.24, 2.45) is 11.5 Å². The number of rotatable bonds is 15. The van der Waals surface area contributed by atoms with Crippen molar-refractivity contribution in [3.63, 3.8) is 0 Å². The van der Waals surface area contributed by atoms with Crippen molar-refractivity contribution in [2.45, 2.75) is 64.2 Å². The van der Waals surface area contributed by atoms with Gasteiger partial charge in [-0.15, -0.1) is 0 Å². The molecule has 6 nitrogen and oxygen atoms in total. The highest BCUT2D eigenvalue weighted by Crippen LogP contribution is 2.03. The molecule has 0 unspecified atom stereocenters. The van der Waals surface area contributed by atoms with Crippen molar-refractivity contribution < 1.29 is 19.1 Å². The first-order valence-electron chi connectivity index (χ1n) is 8.42. The normalized spacial score (nSPS) is 10.5. The molecule has 0 aromatic rings. The number of carbonyl (C=O) groups excluding carboxylic acids is 2. The van der Waals surface area contributed by atoms with Crippen LogP contribution in [0.2, 0.25) is 0 Å². The van der Waals surface area contributed by atoms with Gasteiger partial charge in [0.25, 0.3) is 0 Å². The van der Waals surface area contributed by atoms with Gasteiger partial charge < -0.3 is 20.9 Å². The fourth-order valence-electron chi connectivity index (χ4n) is 1.90. The molecule has 0 rings (SSSR count). The summed E-state index contributed by atoms with van der Waals surface area (Å²) in [6.07, 6.45) is 7.84. The molecule has 6 heteroatoms. The summed E-state index contributed by atoms with van der Waals surface area (Å²) in [7, 11) is 0. The second-order valence-electron chi connectivity index (χ2n) is 5.35. The average Bonchev–Trinajstić information content (AvgIpc) is 2.51. The summed E-state index contributed by atoms with van der Waals surface area (Å²) in [6.45, 7) is 2.12. The van der Waals surface area contributed by atoms with Crippen LogP contribution in [0.1, 0.15) is 64.2 Å². The quantitative estimate of drug-likeness (QED) is 0.353. The van der Waals surface area contributed by atoms with Gasteiger partial charge in [-0.2, -0.15) is 0 Å². The first kappa shape index (κ1) is 20.9. The zero-order chi connectivity index (χ0) is 16.5. The minimum atomic E-state index is -0.158. The van der Waals surface area contributed by atoms with Gasteiger partial charge in [-0.3, -0.25) is 9.59 Å². The summed E-state index contributed by atoms with van der Waals surface area (Å²) in [5, 5.41) is 0. The van der Waals surface area contributed by atoms with E-state index in [-0.39, 0.29) is 11.9 Å². The molecule has 0 bridgehead atoms. The van der Waals surface area contributed by atoms with E-state index in [4.69, 9.17) is 20.9 Å². The molecule has 130 valence electrons. The molecule has 0 saturated carbocycles. The highest BCUT2D eigenvalue weighted by Gasteiger charge is 2.04. The minimum Gasteiger partial charge on any atom is -0.466 e. The van der Waals surface area contributed by atoms with Gasteiger partial charge in [0.15, 0.2) is 0 Å². The molecule has 22 heavy (non-hydrogen) atoms. The monoisotopic (exact) mass is 316 g/mol. The lowest BCUT2D eigenvalue weighted by molar-refractivity contribution is -0.146. The number of unbranched alkanes of at least 4 members (excludes halogenated alkanes) is 5. The Hall–Kier alpha value is -1.14. The lowest BCUT2D eigenvalue weighted by atomic mass is 10.2. The van der Waals surface area contributed by atoms with Crippen LogP contribution in [0.4, 0.5) is 0 Å². The van der Waals surface area contributed by atoms with Gasteiger partial charge in [-0.1, -0.05) is 12.8 Å². The first-order chi connectivity index (χ1) is 10.7. The number of carbonyl (C=O) groups is 2. The van der Waals surface area contributed by atoms with Crippen LogP contribution in [-0.2, 0) is 19.1 Å². The van der Waals surface area contributed by atoms with Gasteiger partial charge in [0.2, 0.25) is 0 Å². The number of ether oxygens (including phenoxy) is 2. The topological polar surface area (TPSA) is 105 Å². The summed E-state index contributed by atoms with van der Waals surface area (Å²) in [5.74, 6) is -0.317. The summed E-state index contributed by atoms with van der Waals surface area (Å²) in [6, 6.07) is 0. The molecular weight excluding hydrogens is 284 g/mol. The molecule has 0 amide bonds. The Balaban J connectivity index is 3.28. The maximum Gasteiger partial charge on any atom is 0.305 e. The van der Waals surface area contributed by atoms with Crippen molar-refractivity contribution in [1.82, 2.24) is 0 Å². The summed E-state index contributed by atoms with van der Waals surface area (Å²) in [5.41, 5.74) is 10.8. The predicted molar refractivity (Wildman–Crippen MR) is 86.2 cm³/mol. The number of nitrogens with two attached hydrogens (primary N) is 2. The van der Waals surface area contributed by atoms with Crippen LogP contribution in [0.15, 0.2) is 0 Å². The molecule has 0 fully saturated rings. The van der Waals surface area contributed by atoms with E-state index >= 15 is 0 Å². The van der Waals surface area contributed by atoms with Gasteiger partial charge in [-0.25, -0.2) is 0 Å². The van der Waals surface area contributed by atoms with Crippen LogP contribution in [0, 0.1) is 0 Å². The second-order valence-corrected chi connectivity index (χ2v) is 5.35. The van der Waals surface area contributed by atoms with Gasteiger partial charge in [0, 0.05) is 12.8 Å². The highest BCUT2D eigenvalue weighted by atomic mass is 16.5. The van der Waals surface area contributed by atoms with Crippen LogP contribution in [0.25, 0.3) is 0 Å². The van der Waals surface area contributed by atoms with E-state index < -0.39 is 0 Å². The van der Waals surface area contributed by atoms with Crippen molar-refractivity contribution in [3.05, 3.63) is 0 Å². The van der Waals surface area contributed by atoms with Crippen LogP contribution in [0.5, 0.6) is 0 Å². The Morgan fingerprint density at radius 1 is 0.591 bits per heavy atom. The Kier molecular flexibility index (Phi) is 15.4. The molecule has 0 aliphatic rings. The number of esters is 2. The Labute approximate surface area is 133 Å². The maximum absolute atomic E-state index is 11.4. The third-order valence-corrected chi connectivity index (χ3v) is 3.23. The predicted octanol–water partition coefficient (Wildman–Crippen LogP) is 1.89. The van der Waals surface area contributed by atoms with Crippen LogP contribution >= 0.6 is 0 Å². The van der Waals surface area contributed by atoms with Gasteiger partial charge in [-0.05, 0) is 51.6 Å². The van der Waals surface area contributed by atoms with E-state index in [1.807, 2.05) is 0 Å². The summed E-state index contributed by atoms with van der Waals surface area (Å²) >= 11 is 0. The molecule has 0 saturated heterocycles. The molecule has 0 atom stereocenters. The highest BCUT2D eigenvalue weighted by molar-refractivity contribution is 5.69. The zero-order valence-electron chi connectivity index (χ0n) is 13.7. The SMILES string of the molecule is NCCCCCC(=O)OCCCCOC(=O)CCCCCN. The maximum atomic E-state index is 11.4. The van der Waals surface area contributed by atoms with Gasteiger partial charge in [0.1, 0.15) is 0 Å². The number of hydrogen-bond donors (Lipinski definition) is 2. The average molecular weight is 316 g/mol. The molecule has 0 aliphatic heterocycles. The lowest BCUT2D eigenvalue weighted by Crippen LogP contribution is -2.09. The van der Waals surface area contributed by atoms with Crippen molar-refractivity contribution >= 4 is 11.9 Å². The largest absolute Gasteiger partial charge is 0.466 e. The Morgan fingerprint density at radius 2 is 1.00 bits per heavy atom. The number of hydrogen-bond acceptors (Lipinski definition) is 6. The van der Waals surface area contributed by atoms with Crippen molar-refractivity contribution in [1.29, 1.82) is 0 Å². The molecule has 4 N–H and O–H groups in total. The first-order valence-corrected chi connectivity index (χ1v) is 8.42. The fourth-order valence-corrected chi connectivity index (χ4v) is 1.90. The van der Waals surface area contributed by atoms with E-state index in [0.717, 1.165) is 51.4 Å². The zero-order valence-corrected chi connectivity index (χ0v) is 13.7. The van der Waals surface area contributed by atoms with E-state index in [1.54, 1.807) is 0 Å². The summed E-state index contributed by atoms with van der Waals surface area (Å²) < 4.78 is 10.2. The van der Waals surface area contributed by atoms with E-state index in [1.165, 1.54) is 0 Å². The molecule has 0 spiro atoms. The van der Waals surface area contributed by atoms with Crippen LogP contribution in [-0.4, -0.2) is 38.2 Å². The molecule has 0 radical (unpaired) electrons. The Bertz CT molecular complexity index is 257. The van der Waals surface area contributed by atoms with Gasteiger partial charge in [0.05, 0.1) is 13.2 Å². The summed E-state index contributed by atoms with van der Waals surface area (Å²) in [4.78, 5) is 22.7. The third-order valence-electron chi connectivity index (χ3n) is 3.23. The van der Waals surface area contributed by atoms with Crippen LogP contribution < -0.4 is 11.5 Å². The minimum absolute atomic E-state index is 0.158. The Morgan fingerprint density at radius 3 is 1.36 bits per heavy atom. The molecule has 0 aliphatic carbocycles. The van der Waals surface area contributed by atoms with Crippen molar-refractivity contribution in [3.8, 4) is 0 Å². The van der Waals surface area contributed by atoms with E-state index in [0.29, 0.717) is 39.1 Å².